The van der Waals surface area contributed by atoms with Crippen LogP contribution >= 0.6 is 23.4 Å². The van der Waals surface area contributed by atoms with Gasteiger partial charge < -0.3 is 4.42 Å². The first-order valence-corrected chi connectivity index (χ1v) is 4.74. The van der Waals surface area contributed by atoms with Crippen LogP contribution in [0, 0.1) is 0 Å². The van der Waals surface area contributed by atoms with Crippen molar-refractivity contribution in [3.63, 3.8) is 0 Å². The van der Waals surface area contributed by atoms with Crippen molar-refractivity contribution >= 4 is 23.4 Å². The van der Waals surface area contributed by atoms with Crippen molar-refractivity contribution in [1.82, 2.24) is 9.97 Å². The Morgan fingerprint density at radius 2 is 2.31 bits per heavy atom. The van der Waals surface area contributed by atoms with Gasteiger partial charge in [-0.05, 0) is 23.9 Å². The number of oxazole rings is 1. The number of hydrogen-bond donors (Lipinski definition) is 0. The third-order valence-corrected chi connectivity index (χ3v) is 2.31. The first-order chi connectivity index (χ1) is 6.34. The minimum atomic E-state index is 0.469. The molecule has 0 aliphatic heterocycles. The smallest absolute Gasteiger partial charge is 0.261 e. The Hall–Kier alpha value is -1.00. The van der Waals surface area contributed by atoms with Crippen LogP contribution in [0.25, 0.3) is 0 Å². The highest BCUT2D eigenvalue weighted by Crippen LogP contribution is 2.24. The molecule has 0 unspecified atom stereocenters. The molecule has 0 aromatic carbocycles. The standard InChI is InChI=1S/C8H5ClN2OS/c9-6-2-1-3-7(11-6)13-8-10-4-5-12-8/h1-5H. The highest BCUT2D eigenvalue weighted by Gasteiger charge is 2.02. The van der Waals surface area contributed by atoms with Gasteiger partial charge in [-0.1, -0.05) is 17.7 Å². The first-order valence-electron chi connectivity index (χ1n) is 3.54. The SMILES string of the molecule is Clc1cccc(Sc2ncco2)n1. The summed E-state index contributed by atoms with van der Waals surface area (Å²) in [6.07, 6.45) is 3.11. The van der Waals surface area contributed by atoms with E-state index in [2.05, 4.69) is 9.97 Å². The molecule has 2 rings (SSSR count). The van der Waals surface area contributed by atoms with Gasteiger partial charge in [-0.15, -0.1) is 0 Å². The van der Waals surface area contributed by atoms with Gasteiger partial charge in [0.25, 0.3) is 5.22 Å². The summed E-state index contributed by atoms with van der Waals surface area (Å²) in [5, 5.41) is 1.81. The van der Waals surface area contributed by atoms with Crippen LogP contribution in [0.2, 0.25) is 5.15 Å². The maximum Gasteiger partial charge on any atom is 0.261 e. The van der Waals surface area contributed by atoms with E-state index in [1.54, 1.807) is 12.3 Å². The molecule has 2 heterocycles. The molecule has 3 nitrogen and oxygen atoms in total. The van der Waals surface area contributed by atoms with Gasteiger partial charge in [0, 0.05) is 0 Å². The number of nitrogens with zero attached hydrogens (tertiary/aromatic N) is 2. The van der Waals surface area contributed by atoms with E-state index >= 15 is 0 Å². The molecule has 0 N–H and O–H groups in total. The van der Waals surface area contributed by atoms with E-state index < -0.39 is 0 Å². The summed E-state index contributed by atoms with van der Waals surface area (Å²) >= 11 is 7.04. The Morgan fingerprint density at radius 1 is 1.38 bits per heavy atom. The van der Waals surface area contributed by atoms with E-state index in [0.29, 0.717) is 10.4 Å². The molecule has 0 atom stereocenters. The second kappa shape index (κ2) is 3.81. The minimum absolute atomic E-state index is 0.469. The molecule has 5 heteroatoms. The van der Waals surface area contributed by atoms with E-state index in [1.807, 2.05) is 12.1 Å². The molecular weight excluding hydrogens is 208 g/mol. The Kier molecular flexibility index (Phi) is 2.52. The van der Waals surface area contributed by atoms with Crippen molar-refractivity contribution in [2.24, 2.45) is 0 Å². The first kappa shape index (κ1) is 8.59. The molecular formula is C8H5ClN2OS. The summed E-state index contributed by atoms with van der Waals surface area (Å²) in [5.41, 5.74) is 0. The Bertz CT molecular complexity index is 391. The van der Waals surface area contributed by atoms with Gasteiger partial charge >= 0.3 is 0 Å². The second-order valence-electron chi connectivity index (χ2n) is 2.20. The molecule has 0 aliphatic rings. The van der Waals surface area contributed by atoms with Gasteiger partial charge in [0.05, 0.1) is 6.20 Å². The molecule has 0 saturated carbocycles. The molecule has 0 bridgehead atoms. The zero-order valence-corrected chi connectivity index (χ0v) is 8.05. The lowest BCUT2D eigenvalue weighted by molar-refractivity contribution is 0.454. The van der Waals surface area contributed by atoms with E-state index in [9.17, 15) is 0 Å². The van der Waals surface area contributed by atoms with Gasteiger partial charge in [-0.25, -0.2) is 9.97 Å². The van der Waals surface area contributed by atoms with E-state index in [-0.39, 0.29) is 0 Å². The molecule has 13 heavy (non-hydrogen) atoms. The summed E-state index contributed by atoms with van der Waals surface area (Å²) in [6, 6.07) is 5.41. The number of rotatable bonds is 2. The maximum atomic E-state index is 5.71. The third-order valence-electron chi connectivity index (χ3n) is 1.29. The van der Waals surface area contributed by atoms with E-state index in [4.69, 9.17) is 16.0 Å². The maximum absolute atomic E-state index is 5.71. The summed E-state index contributed by atoms with van der Waals surface area (Å²) in [5.74, 6) is 0. The summed E-state index contributed by atoms with van der Waals surface area (Å²) in [6.45, 7) is 0. The van der Waals surface area contributed by atoms with Gasteiger partial charge in [0.15, 0.2) is 0 Å². The van der Waals surface area contributed by atoms with Crippen LogP contribution in [0.5, 0.6) is 0 Å². The molecule has 0 spiro atoms. The monoisotopic (exact) mass is 212 g/mol. The topological polar surface area (TPSA) is 38.9 Å². The van der Waals surface area contributed by atoms with E-state index in [0.717, 1.165) is 5.03 Å². The van der Waals surface area contributed by atoms with Crippen LogP contribution in [0.1, 0.15) is 0 Å². The molecule has 0 fully saturated rings. The average Bonchev–Trinajstić information content (AvgIpc) is 2.57. The summed E-state index contributed by atoms with van der Waals surface area (Å²) in [4.78, 5) is 8.03. The molecule has 0 saturated heterocycles. The van der Waals surface area contributed by atoms with Gasteiger partial charge in [0.2, 0.25) is 0 Å². The molecule has 66 valence electrons. The summed E-state index contributed by atoms with van der Waals surface area (Å²) < 4.78 is 5.05. The molecule has 0 amide bonds. The molecule has 2 aromatic heterocycles. The highest BCUT2D eigenvalue weighted by molar-refractivity contribution is 7.99. The van der Waals surface area contributed by atoms with Crippen LogP contribution in [0.15, 0.2) is 45.3 Å². The van der Waals surface area contributed by atoms with Crippen LogP contribution in [-0.4, -0.2) is 9.97 Å². The lowest BCUT2D eigenvalue weighted by Crippen LogP contribution is -1.79. The van der Waals surface area contributed by atoms with Gasteiger partial charge in [-0.3, -0.25) is 0 Å². The fraction of sp³-hybridized carbons (Fsp3) is 0. The Morgan fingerprint density at radius 3 is 3.00 bits per heavy atom. The lowest BCUT2D eigenvalue weighted by Gasteiger charge is -1.95. The Labute approximate surface area is 84.1 Å². The Balaban J connectivity index is 2.19. The molecule has 0 radical (unpaired) electrons. The number of halogens is 1. The predicted molar refractivity (Wildman–Crippen MR) is 49.9 cm³/mol. The van der Waals surface area contributed by atoms with Crippen LogP contribution in [-0.2, 0) is 0 Å². The van der Waals surface area contributed by atoms with Crippen molar-refractivity contribution in [2.75, 3.05) is 0 Å². The van der Waals surface area contributed by atoms with Crippen molar-refractivity contribution in [3.8, 4) is 0 Å². The zero-order valence-electron chi connectivity index (χ0n) is 6.48. The fourth-order valence-corrected chi connectivity index (χ4v) is 1.70. The van der Waals surface area contributed by atoms with Gasteiger partial charge in [-0.2, -0.15) is 0 Å². The van der Waals surface area contributed by atoms with E-state index in [1.165, 1.54) is 18.0 Å². The molecule has 2 aromatic rings. The van der Waals surface area contributed by atoms with Crippen LogP contribution in [0.3, 0.4) is 0 Å². The highest BCUT2D eigenvalue weighted by atomic mass is 35.5. The second-order valence-corrected chi connectivity index (χ2v) is 3.56. The predicted octanol–water partition coefficient (Wildman–Crippen LogP) is 2.87. The van der Waals surface area contributed by atoms with Gasteiger partial charge in [0.1, 0.15) is 16.4 Å². The van der Waals surface area contributed by atoms with Crippen molar-refractivity contribution < 1.29 is 4.42 Å². The number of pyridine rings is 1. The zero-order chi connectivity index (χ0) is 9.10. The quantitative estimate of drug-likeness (QED) is 0.718. The largest absolute Gasteiger partial charge is 0.440 e. The van der Waals surface area contributed by atoms with Crippen LogP contribution in [0.4, 0.5) is 0 Å². The number of hydrogen-bond acceptors (Lipinski definition) is 4. The fourth-order valence-electron chi connectivity index (χ4n) is 0.797. The normalized spacial score (nSPS) is 10.2. The van der Waals surface area contributed by atoms with Crippen molar-refractivity contribution in [3.05, 3.63) is 35.8 Å². The number of aromatic nitrogens is 2. The van der Waals surface area contributed by atoms with Crippen LogP contribution < -0.4 is 0 Å². The summed E-state index contributed by atoms with van der Waals surface area (Å²) in [7, 11) is 0. The minimum Gasteiger partial charge on any atom is -0.440 e. The van der Waals surface area contributed by atoms with Crippen molar-refractivity contribution in [1.29, 1.82) is 0 Å². The van der Waals surface area contributed by atoms with Crippen molar-refractivity contribution in [2.45, 2.75) is 10.2 Å². The molecule has 0 aliphatic carbocycles. The average molecular weight is 213 g/mol. The lowest BCUT2D eigenvalue weighted by atomic mass is 10.5. The third kappa shape index (κ3) is 2.23.